The minimum absolute atomic E-state index is 0.0673. The predicted octanol–water partition coefficient (Wildman–Crippen LogP) is 6.46. The number of hydrogen-bond acceptors (Lipinski definition) is 6. The van der Waals surface area contributed by atoms with E-state index in [0.717, 1.165) is 38.9 Å². The maximum absolute atomic E-state index is 12.9. The third-order valence-corrected chi connectivity index (χ3v) is 7.26. The number of nitrogens with zero attached hydrogens (tertiary/aromatic N) is 1. The van der Waals surface area contributed by atoms with Crippen molar-refractivity contribution in [1.82, 2.24) is 10.3 Å². The molecule has 210 valence electrons. The summed E-state index contributed by atoms with van der Waals surface area (Å²) in [4.78, 5) is 27.1. The van der Waals surface area contributed by atoms with Gasteiger partial charge in [-0.05, 0) is 67.1 Å². The number of phosphoric acid groups is 1. The van der Waals surface area contributed by atoms with Gasteiger partial charge in [-0.25, -0.2) is 4.57 Å². The lowest BCUT2D eigenvalue weighted by atomic mass is 9.94. The summed E-state index contributed by atoms with van der Waals surface area (Å²) in [6.07, 6.45) is 2.61. The van der Waals surface area contributed by atoms with Crippen LogP contribution in [0.15, 0.2) is 85.1 Å². The fraction of sp³-hybridized carbons (Fsp3) is 0.290. The Morgan fingerprint density at radius 1 is 1.00 bits per heavy atom. The average molecular weight is 563 g/mol. The zero-order valence-corrected chi connectivity index (χ0v) is 23.7. The molecule has 1 aromatic heterocycles. The van der Waals surface area contributed by atoms with E-state index in [4.69, 9.17) is 13.8 Å². The summed E-state index contributed by atoms with van der Waals surface area (Å²) < 4.78 is 27.7. The molecule has 1 atom stereocenters. The molecule has 0 spiro atoms. The van der Waals surface area contributed by atoms with Gasteiger partial charge in [0.2, 0.25) is 5.91 Å². The third kappa shape index (κ3) is 8.73. The Bertz CT molecular complexity index is 1460. The second kappa shape index (κ2) is 14.2. The van der Waals surface area contributed by atoms with Crippen molar-refractivity contribution < 1.29 is 28.0 Å². The van der Waals surface area contributed by atoms with Gasteiger partial charge in [0.25, 0.3) is 0 Å². The van der Waals surface area contributed by atoms with E-state index >= 15 is 0 Å². The average Bonchev–Trinajstić information content (AvgIpc) is 2.93. The summed E-state index contributed by atoms with van der Waals surface area (Å²) in [7, 11) is -4.04. The first-order valence-electron chi connectivity index (χ1n) is 13.4. The summed E-state index contributed by atoms with van der Waals surface area (Å²) in [6.45, 7) is 4.27. The summed E-state index contributed by atoms with van der Waals surface area (Å²) in [5, 5.41) is 3.89. The summed E-state index contributed by atoms with van der Waals surface area (Å²) in [5.41, 5.74) is 4.64. The lowest BCUT2D eigenvalue weighted by Crippen LogP contribution is -2.26. The molecular formula is C31H35N2O6P. The third-order valence-electron chi connectivity index (χ3n) is 6.07. The molecule has 0 saturated carbocycles. The van der Waals surface area contributed by atoms with Gasteiger partial charge < -0.3 is 14.9 Å². The zero-order valence-electron chi connectivity index (χ0n) is 22.8. The number of phosphoric ester groups is 1. The molecule has 9 heteroatoms. The van der Waals surface area contributed by atoms with Crippen LogP contribution in [0.2, 0.25) is 0 Å². The fourth-order valence-corrected chi connectivity index (χ4v) is 5.26. The van der Waals surface area contributed by atoms with E-state index in [0.29, 0.717) is 26.0 Å². The number of amides is 1. The van der Waals surface area contributed by atoms with Gasteiger partial charge in [0.05, 0.1) is 24.6 Å². The molecule has 4 aromatic rings. The van der Waals surface area contributed by atoms with E-state index in [1.807, 2.05) is 78.9 Å². The molecule has 1 heterocycles. The number of carbonyl (C=O) groups excluding carboxylic acids is 1. The topological polar surface area (TPSA) is 107 Å². The molecule has 0 aliphatic carbocycles. The normalized spacial score (nSPS) is 12.8. The van der Waals surface area contributed by atoms with Crippen molar-refractivity contribution >= 4 is 24.6 Å². The van der Waals surface area contributed by atoms with E-state index in [-0.39, 0.29) is 18.9 Å². The molecule has 0 aliphatic rings. The Labute approximate surface area is 234 Å². The molecule has 1 amide bonds. The van der Waals surface area contributed by atoms with Crippen molar-refractivity contribution in [2.24, 2.45) is 0 Å². The number of benzene rings is 3. The largest absolute Gasteiger partial charge is 0.489 e. The van der Waals surface area contributed by atoms with Crippen molar-refractivity contribution in [2.45, 2.75) is 45.8 Å². The maximum Gasteiger partial charge on any atom is 0.472 e. The fourth-order valence-electron chi connectivity index (χ4n) is 4.31. The van der Waals surface area contributed by atoms with Crippen LogP contribution in [0.1, 0.15) is 37.8 Å². The van der Waals surface area contributed by atoms with Crippen molar-refractivity contribution in [3.8, 4) is 16.9 Å². The Balaban J connectivity index is 1.41. The lowest BCUT2D eigenvalue weighted by Gasteiger charge is -2.15. The van der Waals surface area contributed by atoms with Gasteiger partial charge in [0.15, 0.2) is 0 Å². The van der Waals surface area contributed by atoms with Gasteiger partial charge in [-0.3, -0.25) is 18.8 Å². The Hall–Kier alpha value is -3.55. The van der Waals surface area contributed by atoms with Crippen molar-refractivity contribution in [2.75, 3.05) is 13.2 Å². The van der Waals surface area contributed by atoms with E-state index in [2.05, 4.69) is 10.3 Å². The van der Waals surface area contributed by atoms with Gasteiger partial charge in [-0.15, -0.1) is 0 Å². The van der Waals surface area contributed by atoms with Crippen LogP contribution in [0.25, 0.3) is 22.0 Å². The minimum Gasteiger partial charge on any atom is -0.489 e. The van der Waals surface area contributed by atoms with Gasteiger partial charge in [-0.1, -0.05) is 60.7 Å². The first-order valence-corrected chi connectivity index (χ1v) is 14.9. The van der Waals surface area contributed by atoms with Crippen LogP contribution in [0.5, 0.6) is 5.75 Å². The van der Waals surface area contributed by atoms with Crippen LogP contribution in [0.4, 0.5) is 0 Å². The number of unbranched alkanes of at least 4 members (excludes halogenated alkanes) is 1. The highest BCUT2D eigenvalue weighted by Gasteiger charge is 2.22. The number of para-hydroxylation sites is 1. The quantitative estimate of drug-likeness (QED) is 0.134. The maximum atomic E-state index is 12.9. The minimum atomic E-state index is -4.04. The van der Waals surface area contributed by atoms with E-state index in [1.165, 1.54) is 0 Å². The molecule has 0 aliphatic heterocycles. The molecule has 2 N–H and O–H groups in total. The number of nitrogens with one attached hydrogen (secondary N) is 1. The SMILES string of the molecule is CC(C)OP(=O)(O)OCCCCNC(=O)Cc1cnc2ccccc2c1-c1cccc(OCc2ccccc2)c1. The smallest absolute Gasteiger partial charge is 0.472 e. The number of ether oxygens (including phenoxy) is 1. The lowest BCUT2D eigenvalue weighted by molar-refractivity contribution is -0.120. The molecular weight excluding hydrogens is 527 g/mol. The highest BCUT2D eigenvalue weighted by Crippen LogP contribution is 2.44. The molecule has 3 aromatic carbocycles. The Morgan fingerprint density at radius 3 is 2.58 bits per heavy atom. The van der Waals surface area contributed by atoms with E-state index < -0.39 is 13.9 Å². The van der Waals surface area contributed by atoms with Crippen LogP contribution < -0.4 is 10.1 Å². The molecule has 8 nitrogen and oxygen atoms in total. The van der Waals surface area contributed by atoms with Gasteiger partial charge in [-0.2, -0.15) is 0 Å². The molecule has 1 unspecified atom stereocenters. The van der Waals surface area contributed by atoms with Crippen LogP contribution in [-0.2, 0) is 31.4 Å². The monoisotopic (exact) mass is 562 g/mol. The first kappa shape index (κ1) is 29.4. The Kier molecular flexibility index (Phi) is 10.4. The summed E-state index contributed by atoms with van der Waals surface area (Å²) in [6, 6.07) is 25.8. The van der Waals surface area contributed by atoms with Crippen LogP contribution >= 0.6 is 7.82 Å². The Morgan fingerprint density at radius 2 is 1.77 bits per heavy atom. The number of carbonyl (C=O) groups is 1. The standard InChI is InChI=1S/C31H35N2O6P/c1-23(2)39-40(35,36)38-18-9-8-17-32-30(34)20-26-21-33-29-16-7-6-15-28(29)31(26)25-13-10-14-27(19-25)37-22-24-11-4-3-5-12-24/h3-7,10-16,19,21,23H,8-9,17-18,20,22H2,1-2H3,(H,32,34)(H,35,36). The van der Waals surface area contributed by atoms with E-state index in [1.54, 1.807) is 20.0 Å². The molecule has 4 rings (SSSR count). The molecule has 0 radical (unpaired) electrons. The van der Waals surface area contributed by atoms with Crippen LogP contribution in [0.3, 0.4) is 0 Å². The van der Waals surface area contributed by atoms with Gasteiger partial charge >= 0.3 is 7.82 Å². The van der Waals surface area contributed by atoms with Gasteiger partial charge in [0.1, 0.15) is 12.4 Å². The van der Waals surface area contributed by atoms with Crippen molar-refractivity contribution in [3.63, 3.8) is 0 Å². The van der Waals surface area contributed by atoms with Crippen LogP contribution in [-0.4, -0.2) is 35.0 Å². The zero-order chi connectivity index (χ0) is 28.4. The molecule has 0 bridgehead atoms. The first-order chi connectivity index (χ1) is 19.3. The summed E-state index contributed by atoms with van der Waals surface area (Å²) in [5.74, 6) is 0.609. The summed E-state index contributed by atoms with van der Waals surface area (Å²) >= 11 is 0. The van der Waals surface area contributed by atoms with E-state index in [9.17, 15) is 14.3 Å². The number of hydrogen-bond donors (Lipinski definition) is 2. The number of aromatic nitrogens is 1. The highest BCUT2D eigenvalue weighted by atomic mass is 31.2. The number of fused-ring (bicyclic) bond motifs is 1. The van der Waals surface area contributed by atoms with Crippen LogP contribution in [0, 0.1) is 0 Å². The molecule has 40 heavy (non-hydrogen) atoms. The van der Waals surface area contributed by atoms with Gasteiger partial charge in [0, 0.05) is 18.1 Å². The molecule has 0 saturated heterocycles. The second-order valence-corrected chi connectivity index (χ2v) is 11.1. The number of pyridine rings is 1. The van der Waals surface area contributed by atoms with Crippen molar-refractivity contribution in [1.29, 1.82) is 0 Å². The van der Waals surface area contributed by atoms with Crippen molar-refractivity contribution in [3.05, 3.63) is 96.2 Å². The highest BCUT2D eigenvalue weighted by molar-refractivity contribution is 7.47. The predicted molar refractivity (Wildman–Crippen MR) is 156 cm³/mol. The molecule has 0 fully saturated rings. The second-order valence-electron chi connectivity index (χ2n) is 9.67. The number of rotatable bonds is 14.